The van der Waals surface area contributed by atoms with Gasteiger partial charge in [0, 0.05) is 17.0 Å². The van der Waals surface area contributed by atoms with Crippen LogP contribution in [0.4, 0.5) is 5.69 Å². The standard InChI is InChI=1S/C22H27BClNO4S/c1-21(2)22(3,4)29-23(28-21)18-15-17(12-13-19(18)24)30(26,27)25-14-8-7-10-16-9-5-6-11-20(16)25/h5-6,9,11-13,15H,7-8,10,14H2,1-4H3. The molecule has 1 fully saturated rings. The molecule has 0 unspecified atom stereocenters. The van der Waals surface area contributed by atoms with E-state index in [1.54, 1.807) is 18.2 Å². The molecule has 0 saturated carbocycles. The minimum Gasteiger partial charge on any atom is -0.399 e. The second kappa shape index (κ2) is 7.55. The van der Waals surface area contributed by atoms with Crippen LogP contribution < -0.4 is 9.77 Å². The molecule has 2 aromatic rings. The van der Waals surface area contributed by atoms with E-state index in [1.165, 1.54) is 4.31 Å². The van der Waals surface area contributed by atoms with Crippen molar-refractivity contribution in [3.63, 3.8) is 0 Å². The summed E-state index contributed by atoms with van der Waals surface area (Å²) in [5, 5.41) is 0.420. The van der Waals surface area contributed by atoms with Crippen LogP contribution in [-0.2, 0) is 25.8 Å². The van der Waals surface area contributed by atoms with Crippen molar-refractivity contribution in [3.05, 3.63) is 53.1 Å². The lowest BCUT2D eigenvalue weighted by Crippen LogP contribution is -2.41. The van der Waals surface area contributed by atoms with Crippen molar-refractivity contribution < 1.29 is 17.7 Å². The number of fused-ring (bicyclic) bond motifs is 1. The molecule has 4 rings (SSSR count). The van der Waals surface area contributed by atoms with E-state index in [4.69, 9.17) is 20.9 Å². The Kier molecular flexibility index (Phi) is 5.46. The number of halogens is 1. The van der Waals surface area contributed by atoms with Crippen LogP contribution in [0.1, 0.15) is 46.1 Å². The average molecular weight is 448 g/mol. The highest BCUT2D eigenvalue weighted by atomic mass is 35.5. The molecule has 0 bridgehead atoms. The summed E-state index contributed by atoms with van der Waals surface area (Å²) < 4.78 is 41.0. The molecule has 5 nitrogen and oxygen atoms in total. The summed E-state index contributed by atoms with van der Waals surface area (Å²) in [5.41, 5.74) is 1.25. The molecule has 2 heterocycles. The second-order valence-electron chi connectivity index (χ2n) is 8.93. The monoisotopic (exact) mass is 447 g/mol. The average Bonchev–Trinajstić information content (AvgIpc) is 2.82. The van der Waals surface area contributed by atoms with Gasteiger partial charge in [-0.3, -0.25) is 4.31 Å². The van der Waals surface area contributed by atoms with Gasteiger partial charge in [-0.15, -0.1) is 0 Å². The fourth-order valence-corrected chi connectivity index (χ4v) is 5.65. The van der Waals surface area contributed by atoms with Gasteiger partial charge >= 0.3 is 7.12 Å². The highest BCUT2D eigenvalue weighted by molar-refractivity contribution is 7.92. The van der Waals surface area contributed by atoms with E-state index in [2.05, 4.69) is 0 Å². The van der Waals surface area contributed by atoms with Crippen LogP contribution in [0.15, 0.2) is 47.4 Å². The molecule has 160 valence electrons. The molecule has 2 aliphatic rings. The summed E-state index contributed by atoms with van der Waals surface area (Å²) in [6, 6.07) is 12.5. The first-order chi connectivity index (χ1) is 14.0. The molecule has 2 aliphatic heterocycles. The first-order valence-corrected chi connectivity index (χ1v) is 12.1. The van der Waals surface area contributed by atoms with Gasteiger partial charge < -0.3 is 9.31 Å². The topological polar surface area (TPSA) is 55.8 Å². The Morgan fingerprint density at radius 2 is 1.67 bits per heavy atom. The van der Waals surface area contributed by atoms with Crippen molar-refractivity contribution in [2.24, 2.45) is 0 Å². The normalized spacial score (nSPS) is 20.7. The fraction of sp³-hybridized carbons (Fsp3) is 0.455. The van der Waals surface area contributed by atoms with Crippen molar-refractivity contribution in [2.75, 3.05) is 10.8 Å². The predicted octanol–water partition coefficient (Wildman–Crippen LogP) is 4.17. The van der Waals surface area contributed by atoms with Gasteiger partial charge in [0.1, 0.15) is 0 Å². The zero-order valence-electron chi connectivity index (χ0n) is 17.8. The Morgan fingerprint density at radius 3 is 2.37 bits per heavy atom. The van der Waals surface area contributed by atoms with Crippen LogP contribution in [0.5, 0.6) is 0 Å². The van der Waals surface area contributed by atoms with Gasteiger partial charge in [0.2, 0.25) is 0 Å². The minimum absolute atomic E-state index is 0.188. The van der Waals surface area contributed by atoms with E-state index in [0.717, 1.165) is 30.5 Å². The summed E-state index contributed by atoms with van der Waals surface area (Å²) in [4.78, 5) is 0.188. The number of hydrogen-bond acceptors (Lipinski definition) is 4. The maximum Gasteiger partial charge on any atom is 0.496 e. The van der Waals surface area contributed by atoms with Crippen molar-refractivity contribution >= 4 is 39.9 Å². The number of para-hydroxylation sites is 1. The minimum atomic E-state index is -3.76. The summed E-state index contributed by atoms with van der Waals surface area (Å²) in [7, 11) is -4.49. The SMILES string of the molecule is CC1(C)OB(c2cc(S(=O)(=O)N3CCCCc4ccccc43)ccc2Cl)OC1(C)C. The summed E-state index contributed by atoms with van der Waals surface area (Å²) >= 11 is 6.44. The van der Waals surface area contributed by atoms with Gasteiger partial charge in [-0.05, 0) is 76.8 Å². The third-order valence-corrected chi connectivity index (χ3v) is 8.53. The zero-order chi connectivity index (χ0) is 21.7. The number of rotatable bonds is 3. The van der Waals surface area contributed by atoms with E-state index >= 15 is 0 Å². The molecule has 0 spiro atoms. The largest absolute Gasteiger partial charge is 0.496 e. The van der Waals surface area contributed by atoms with Gasteiger partial charge in [0.15, 0.2) is 0 Å². The van der Waals surface area contributed by atoms with Crippen LogP contribution in [0.25, 0.3) is 0 Å². The van der Waals surface area contributed by atoms with Crippen molar-refractivity contribution in [1.29, 1.82) is 0 Å². The summed E-state index contributed by atoms with van der Waals surface area (Å²) in [5.74, 6) is 0. The molecule has 0 aromatic heterocycles. The predicted molar refractivity (Wildman–Crippen MR) is 121 cm³/mol. The molecule has 1 saturated heterocycles. The Hall–Kier alpha value is -1.54. The van der Waals surface area contributed by atoms with Crippen LogP contribution in [0, 0.1) is 0 Å². The number of nitrogens with zero attached hydrogens (tertiary/aromatic N) is 1. The Bertz CT molecular complexity index is 1050. The summed E-state index contributed by atoms with van der Waals surface area (Å²) in [6.07, 6.45) is 2.65. The highest BCUT2D eigenvalue weighted by Gasteiger charge is 2.52. The maximum atomic E-state index is 13.6. The molecule has 8 heteroatoms. The number of benzene rings is 2. The van der Waals surface area contributed by atoms with E-state index in [-0.39, 0.29) is 4.90 Å². The van der Waals surface area contributed by atoms with Gasteiger partial charge in [-0.1, -0.05) is 29.8 Å². The van der Waals surface area contributed by atoms with Crippen LogP contribution in [-0.4, -0.2) is 33.3 Å². The zero-order valence-corrected chi connectivity index (χ0v) is 19.4. The molecule has 2 aromatic carbocycles. The number of sulfonamides is 1. The van der Waals surface area contributed by atoms with E-state index in [9.17, 15) is 8.42 Å². The van der Waals surface area contributed by atoms with Crippen LogP contribution in [0.3, 0.4) is 0 Å². The van der Waals surface area contributed by atoms with Crippen LogP contribution in [0.2, 0.25) is 5.02 Å². The van der Waals surface area contributed by atoms with Crippen LogP contribution >= 0.6 is 11.6 Å². The molecular weight excluding hydrogens is 421 g/mol. The number of anilines is 1. The van der Waals surface area contributed by atoms with Gasteiger partial charge in [0.05, 0.1) is 21.8 Å². The fourth-order valence-electron chi connectivity index (χ4n) is 3.87. The highest BCUT2D eigenvalue weighted by Crippen LogP contribution is 2.37. The first kappa shape index (κ1) is 21.7. The molecule has 0 aliphatic carbocycles. The van der Waals surface area contributed by atoms with Gasteiger partial charge in [-0.2, -0.15) is 0 Å². The lowest BCUT2D eigenvalue weighted by molar-refractivity contribution is 0.00578. The van der Waals surface area contributed by atoms with Crippen molar-refractivity contribution in [1.82, 2.24) is 0 Å². The first-order valence-electron chi connectivity index (χ1n) is 10.3. The molecule has 0 radical (unpaired) electrons. The third kappa shape index (κ3) is 3.66. The van der Waals surface area contributed by atoms with Crippen molar-refractivity contribution in [3.8, 4) is 0 Å². The van der Waals surface area contributed by atoms with Gasteiger partial charge in [-0.25, -0.2) is 8.42 Å². The Morgan fingerprint density at radius 1 is 1.00 bits per heavy atom. The molecule has 0 amide bonds. The van der Waals surface area contributed by atoms with E-state index in [1.807, 2.05) is 52.0 Å². The molecule has 30 heavy (non-hydrogen) atoms. The lowest BCUT2D eigenvalue weighted by Gasteiger charge is -2.32. The van der Waals surface area contributed by atoms with Gasteiger partial charge in [0.25, 0.3) is 10.0 Å². The van der Waals surface area contributed by atoms with Crippen molar-refractivity contribution in [2.45, 2.75) is 63.1 Å². The molecular formula is C22H27BClNO4S. The van der Waals surface area contributed by atoms with E-state index < -0.39 is 28.3 Å². The smallest absolute Gasteiger partial charge is 0.399 e. The maximum absolute atomic E-state index is 13.6. The quantitative estimate of drug-likeness (QED) is 0.663. The number of aryl methyl sites for hydroxylation is 1. The Balaban J connectivity index is 1.74. The lowest BCUT2D eigenvalue weighted by atomic mass is 9.79. The summed E-state index contributed by atoms with van der Waals surface area (Å²) in [6.45, 7) is 8.27. The molecule has 0 N–H and O–H groups in total. The molecule has 0 atom stereocenters. The Labute approximate surface area is 184 Å². The second-order valence-corrected chi connectivity index (χ2v) is 11.2. The van der Waals surface area contributed by atoms with E-state index in [0.29, 0.717) is 17.0 Å². The third-order valence-electron chi connectivity index (χ3n) is 6.38. The number of hydrogen-bond donors (Lipinski definition) is 0.